The van der Waals surface area contributed by atoms with E-state index in [1.807, 2.05) is 18.0 Å². The Hall–Kier alpha value is -2.27. The van der Waals surface area contributed by atoms with Crippen molar-refractivity contribution in [2.75, 3.05) is 41.4 Å². The number of fused-ring (bicyclic) bond motifs is 1. The van der Waals surface area contributed by atoms with Crippen molar-refractivity contribution in [3.8, 4) is 0 Å². The Morgan fingerprint density at radius 1 is 1.38 bits per heavy atom. The molecular formula is C15H21N7O3S. The number of aromatic nitrogens is 4. The van der Waals surface area contributed by atoms with Crippen LogP contribution in [0.15, 0.2) is 16.8 Å². The molecule has 0 saturated carbocycles. The third kappa shape index (κ3) is 3.36. The van der Waals surface area contributed by atoms with Crippen LogP contribution in [0.2, 0.25) is 0 Å². The first-order chi connectivity index (χ1) is 12.4. The fraction of sp³-hybridized carbons (Fsp3) is 0.600. The molecule has 4 rings (SSSR count). The van der Waals surface area contributed by atoms with Gasteiger partial charge in [-0.3, -0.25) is 0 Å². The molecule has 10 nitrogen and oxygen atoms in total. The third-order valence-electron chi connectivity index (χ3n) is 4.69. The van der Waals surface area contributed by atoms with Crippen LogP contribution in [0.5, 0.6) is 0 Å². The Kier molecular flexibility index (Phi) is 4.27. The van der Waals surface area contributed by atoms with Crippen LogP contribution in [0.1, 0.15) is 11.7 Å². The highest BCUT2D eigenvalue weighted by molar-refractivity contribution is 7.91. The molecule has 0 amide bonds. The topological polar surface area (TPSA) is 117 Å². The Morgan fingerprint density at radius 3 is 3.00 bits per heavy atom. The van der Waals surface area contributed by atoms with Crippen LogP contribution in [-0.2, 0) is 16.4 Å². The Labute approximate surface area is 151 Å². The van der Waals surface area contributed by atoms with Gasteiger partial charge in [-0.25, -0.2) is 13.4 Å². The second-order valence-electron chi connectivity index (χ2n) is 6.70. The van der Waals surface area contributed by atoms with Crippen LogP contribution < -0.4 is 15.1 Å². The van der Waals surface area contributed by atoms with Crippen LogP contribution in [0.25, 0.3) is 0 Å². The molecule has 1 N–H and O–H groups in total. The highest BCUT2D eigenvalue weighted by atomic mass is 32.2. The molecule has 0 spiro atoms. The number of nitrogens with one attached hydrogen (secondary N) is 1. The van der Waals surface area contributed by atoms with Crippen LogP contribution in [0, 0.1) is 6.92 Å². The molecule has 4 heterocycles. The summed E-state index contributed by atoms with van der Waals surface area (Å²) < 4.78 is 29.0. The van der Waals surface area contributed by atoms with E-state index in [1.54, 1.807) is 13.1 Å². The number of sulfone groups is 1. The molecule has 2 fully saturated rings. The van der Waals surface area contributed by atoms with E-state index in [1.165, 1.54) is 0 Å². The van der Waals surface area contributed by atoms with Gasteiger partial charge in [0.1, 0.15) is 5.82 Å². The Bertz CT molecular complexity index is 900. The van der Waals surface area contributed by atoms with Crippen molar-refractivity contribution in [3.05, 3.63) is 24.0 Å². The molecule has 2 saturated heterocycles. The summed E-state index contributed by atoms with van der Waals surface area (Å²) >= 11 is 0. The van der Waals surface area contributed by atoms with E-state index in [0.717, 1.165) is 12.4 Å². The van der Waals surface area contributed by atoms with Crippen molar-refractivity contribution in [1.82, 2.24) is 25.4 Å². The summed E-state index contributed by atoms with van der Waals surface area (Å²) in [6, 6.07) is 1.68. The van der Waals surface area contributed by atoms with Gasteiger partial charge in [-0.1, -0.05) is 5.16 Å². The lowest BCUT2D eigenvalue weighted by atomic mass is 10.1. The lowest BCUT2D eigenvalue weighted by Gasteiger charge is -2.38. The van der Waals surface area contributed by atoms with Gasteiger partial charge in [0.05, 0.1) is 24.1 Å². The second-order valence-corrected chi connectivity index (χ2v) is 8.85. The van der Waals surface area contributed by atoms with E-state index in [9.17, 15) is 8.42 Å². The minimum atomic E-state index is -3.02. The molecule has 2 aromatic heterocycles. The summed E-state index contributed by atoms with van der Waals surface area (Å²) in [7, 11) is -1.17. The van der Waals surface area contributed by atoms with Gasteiger partial charge in [-0.15, -0.1) is 0 Å². The average molecular weight is 379 g/mol. The van der Waals surface area contributed by atoms with Crippen LogP contribution in [0.3, 0.4) is 0 Å². The second kappa shape index (κ2) is 6.47. The molecule has 2 aromatic rings. The van der Waals surface area contributed by atoms with Crippen molar-refractivity contribution in [2.24, 2.45) is 0 Å². The predicted molar refractivity (Wildman–Crippen MR) is 94.8 cm³/mol. The molecule has 2 aliphatic rings. The minimum absolute atomic E-state index is 0.0489. The first-order valence-corrected chi connectivity index (χ1v) is 10.3. The van der Waals surface area contributed by atoms with Gasteiger partial charge in [0, 0.05) is 39.3 Å². The summed E-state index contributed by atoms with van der Waals surface area (Å²) in [6.07, 6.45) is 1.69. The van der Waals surface area contributed by atoms with E-state index in [0.29, 0.717) is 30.8 Å². The van der Waals surface area contributed by atoms with Crippen molar-refractivity contribution >= 4 is 21.6 Å². The molecule has 0 bridgehead atoms. The maximum Gasteiger partial charge on any atom is 0.227 e. The highest BCUT2D eigenvalue weighted by Gasteiger charge is 2.43. The van der Waals surface area contributed by atoms with Gasteiger partial charge in [0.25, 0.3) is 0 Å². The van der Waals surface area contributed by atoms with Gasteiger partial charge in [0.15, 0.2) is 15.7 Å². The molecule has 2 atom stereocenters. The molecule has 11 heteroatoms. The van der Waals surface area contributed by atoms with Gasteiger partial charge >= 0.3 is 0 Å². The predicted octanol–water partition coefficient (Wildman–Crippen LogP) is -0.620. The van der Waals surface area contributed by atoms with Crippen molar-refractivity contribution in [2.45, 2.75) is 25.6 Å². The zero-order valence-corrected chi connectivity index (χ0v) is 15.5. The largest absolute Gasteiger partial charge is 0.350 e. The van der Waals surface area contributed by atoms with Gasteiger partial charge in [-0.2, -0.15) is 9.97 Å². The smallest absolute Gasteiger partial charge is 0.227 e. The summed E-state index contributed by atoms with van der Waals surface area (Å²) in [5.41, 5.74) is 0. The van der Waals surface area contributed by atoms with E-state index in [4.69, 9.17) is 4.52 Å². The number of piperazine rings is 1. The highest BCUT2D eigenvalue weighted by Crippen LogP contribution is 2.26. The molecule has 0 unspecified atom stereocenters. The number of hydrogen-bond acceptors (Lipinski definition) is 10. The standard InChI is InChI=1S/C15H21N7O3S/c1-10-18-13(20-25-10)7-21(2)15-17-4-3-14(19-15)22-6-5-16-11-8-26(23,24)9-12(11)22/h3-4,11-12,16H,5-9H2,1-2H3/t11-,12+/m0/s1. The first-order valence-electron chi connectivity index (χ1n) is 8.45. The zero-order chi connectivity index (χ0) is 18.3. The molecular weight excluding hydrogens is 358 g/mol. The fourth-order valence-electron chi connectivity index (χ4n) is 3.52. The number of anilines is 2. The van der Waals surface area contributed by atoms with E-state index in [2.05, 4.69) is 30.3 Å². The van der Waals surface area contributed by atoms with Gasteiger partial charge in [0.2, 0.25) is 11.8 Å². The van der Waals surface area contributed by atoms with Crippen LogP contribution >= 0.6 is 0 Å². The normalized spacial score (nSPS) is 24.5. The van der Waals surface area contributed by atoms with E-state index < -0.39 is 9.84 Å². The number of nitrogens with zero attached hydrogens (tertiary/aromatic N) is 6. The van der Waals surface area contributed by atoms with Crippen molar-refractivity contribution < 1.29 is 12.9 Å². The quantitative estimate of drug-likeness (QED) is 0.736. The molecule has 0 aromatic carbocycles. The maximum absolute atomic E-state index is 12.0. The molecule has 26 heavy (non-hydrogen) atoms. The summed E-state index contributed by atoms with van der Waals surface area (Å²) in [5.74, 6) is 2.67. The average Bonchev–Trinajstić information content (AvgIpc) is 3.15. The molecule has 140 valence electrons. The van der Waals surface area contributed by atoms with E-state index >= 15 is 0 Å². The van der Waals surface area contributed by atoms with Gasteiger partial charge < -0.3 is 19.6 Å². The van der Waals surface area contributed by atoms with Crippen LogP contribution in [-0.4, -0.2) is 72.3 Å². The number of rotatable bonds is 4. The first kappa shape index (κ1) is 17.2. The Balaban J connectivity index is 1.55. The lowest BCUT2D eigenvalue weighted by molar-refractivity contribution is 0.387. The summed E-state index contributed by atoms with van der Waals surface area (Å²) in [6.45, 7) is 3.60. The van der Waals surface area contributed by atoms with Crippen molar-refractivity contribution in [1.29, 1.82) is 0 Å². The zero-order valence-electron chi connectivity index (χ0n) is 14.7. The third-order valence-corrected chi connectivity index (χ3v) is 6.41. The minimum Gasteiger partial charge on any atom is -0.350 e. The molecule has 0 radical (unpaired) electrons. The number of aryl methyl sites for hydroxylation is 1. The fourth-order valence-corrected chi connectivity index (χ4v) is 5.48. The summed E-state index contributed by atoms with van der Waals surface area (Å²) in [5, 5.41) is 7.19. The lowest BCUT2D eigenvalue weighted by Crippen LogP contribution is -2.57. The maximum atomic E-state index is 12.0. The SMILES string of the molecule is Cc1nc(CN(C)c2nccc(N3CCN[C@H]4CS(=O)(=O)C[C@H]43)n2)no1. The molecule has 0 aliphatic carbocycles. The van der Waals surface area contributed by atoms with Crippen molar-refractivity contribution in [3.63, 3.8) is 0 Å². The Morgan fingerprint density at radius 2 is 2.23 bits per heavy atom. The van der Waals surface area contributed by atoms with E-state index in [-0.39, 0.29) is 23.6 Å². The summed E-state index contributed by atoms with van der Waals surface area (Å²) in [4.78, 5) is 17.1. The monoisotopic (exact) mass is 379 g/mol. The van der Waals surface area contributed by atoms with Crippen LogP contribution in [0.4, 0.5) is 11.8 Å². The number of hydrogen-bond donors (Lipinski definition) is 1. The molecule has 2 aliphatic heterocycles. The van der Waals surface area contributed by atoms with Gasteiger partial charge in [-0.05, 0) is 6.07 Å².